The topological polar surface area (TPSA) is 92.1 Å². The van der Waals surface area contributed by atoms with E-state index in [0.29, 0.717) is 11.6 Å². The maximum Gasteiger partial charge on any atom is 0.320 e. The molecule has 1 saturated carbocycles. The zero-order valence-electron chi connectivity index (χ0n) is 13.1. The number of aliphatic hydroxyl groups excluding tert-OH is 1. The van der Waals surface area contributed by atoms with Crippen molar-refractivity contribution in [2.24, 2.45) is 0 Å². The molecule has 0 bridgehead atoms. The second kappa shape index (κ2) is 6.78. The molecule has 2 aromatic rings. The van der Waals surface area contributed by atoms with Crippen molar-refractivity contribution in [2.45, 2.75) is 44.8 Å². The van der Waals surface area contributed by atoms with E-state index >= 15 is 0 Å². The Morgan fingerprint density at radius 2 is 2.13 bits per heavy atom. The first-order valence-electron chi connectivity index (χ1n) is 7.86. The molecule has 3 N–H and O–H groups in total. The number of nitrogens with zero attached hydrogens (tertiary/aromatic N) is 3. The zero-order chi connectivity index (χ0) is 16.2. The smallest absolute Gasteiger partial charge is 0.320 e. The number of rotatable bonds is 3. The van der Waals surface area contributed by atoms with Crippen LogP contribution in [0, 0.1) is 6.92 Å². The van der Waals surface area contributed by atoms with Gasteiger partial charge in [-0.25, -0.2) is 9.78 Å². The number of aliphatic hydroxyl groups is 1. The Kier molecular flexibility index (Phi) is 4.57. The van der Waals surface area contributed by atoms with Crippen molar-refractivity contribution in [3.63, 3.8) is 0 Å². The van der Waals surface area contributed by atoms with E-state index in [1.54, 1.807) is 23.1 Å². The number of carbonyl (C=O) groups excluding carboxylic acids is 1. The van der Waals surface area contributed by atoms with Gasteiger partial charge in [0, 0.05) is 12.3 Å². The molecule has 7 nitrogen and oxygen atoms in total. The van der Waals surface area contributed by atoms with E-state index < -0.39 is 6.10 Å². The van der Waals surface area contributed by atoms with Crippen LogP contribution in [0.3, 0.4) is 0 Å². The lowest BCUT2D eigenvalue weighted by Crippen LogP contribution is -2.46. The van der Waals surface area contributed by atoms with Crippen LogP contribution in [0.15, 0.2) is 30.6 Å². The van der Waals surface area contributed by atoms with E-state index in [9.17, 15) is 9.90 Å². The van der Waals surface area contributed by atoms with Gasteiger partial charge in [0.05, 0.1) is 18.3 Å². The number of aryl methyl sites for hydroxylation is 1. The second-order valence-corrected chi connectivity index (χ2v) is 5.88. The van der Waals surface area contributed by atoms with Gasteiger partial charge >= 0.3 is 6.03 Å². The monoisotopic (exact) mass is 315 g/mol. The van der Waals surface area contributed by atoms with Crippen molar-refractivity contribution < 1.29 is 9.90 Å². The summed E-state index contributed by atoms with van der Waals surface area (Å²) >= 11 is 0. The molecule has 122 valence electrons. The Hall–Kier alpha value is -2.41. The predicted octanol–water partition coefficient (Wildman–Crippen LogP) is 2.00. The second-order valence-electron chi connectivity index (χ2n) is 5.88. The molecule has 0 aromatic carbocycles. The first-order valence-corrected chi connectivity index (χ1v) is 7.86. The summed E-state index contributed by atoms with van der Waals surface area (Å²) in [5.74, 6) is 1.17. The first kappa shape index (κ1) is 15.5. The minimum atomic E-state index is -0.474. The molecule has 2 heterocycles. The minimum absolute atomic E-state index is 0.197. The van der Waals surface area contributed by atoms with Gasteiger partial charge in [0.2, 0.25) is 0 Å². The normalized spacial score (nSPS) is 21.0. The van der Waals surface area contributed by atoms with Crippen LogP contribution >= 0.6 is 0 Å². The number of amides is 2. The number of urea groups is 1. The van der Waals surface area contributed by atoms with Gasteiger partial charge in [-0.1, -0.05) is 12.8 Å². The minimum Gasteiger partial charge on any atom is -0.391 e. The van der Waals surface area contributed by atoms with Gasteiger partial charge in [-0.2, -0.15) is 9.78 Å². The summed E-state index contributed by atoms with van der Waals surface area (Å²) in [5, 5.41) is 19.8. The highest BCUT2D eigenvalue weighted by molar-refractivity contribution is 5.88. The van der Waals surface area contributed by atoms with Crippen LogP contribution in [0.5, 0.6) is 0 Å². The summed E-state index contributed by atoms with van der Waals surface area (Å²) in [5.41, 5.74) is 1.06. The van der Waals surface area contributed by atoms with E-state index in [-0.39, 0.29) is 12.1 Å². The van der Waals surface area contributed by atoms with E-state index in [1.165, 1.54) is 0 Å². The molecule has 2 amide bonds. The average Bonchev–Trinajstić information content (AvgIpc) is 2.97. The van der Waals surface area contributed by atoms with Gasteiger partial charge < -0.3 is 10.4 Å². The first-order chi connectivity index (χ1) is 11.1. The summed E-state index contributed by atoms with van der Waals surface area (Å²) in [6.07, 6.45) is 6.39. The Morgan fingerprint density at radius 3 is 2.91 bits per heavy atom. The highest BCUT2D eigenvalue weighted by atomic mass is 16.3. The molecular weight excluding hydrogens is 294 g/mol. The highest BCUT2D eigenvalue weighted by Crippen LogP contribution is 2.19. The number of pyridine rings is 1. The molecule has 1 aliphatic carbocycles. The van der Waals surface area contributed by atoms with Crippen molar-refractivity contribution in [1.82, 2.24) is 20.1 Å². The molecule has 7 heteroatoms. The molecule has 1 fully saturated rings. The number of nitrogens with one attached hydrogen (secondary N) is 2. The van der Waals surface area contributed by atoms with Crippen LogP contribution < -0.4 is 10.6 Å². The van der Waals surface area contributed by atoms with Crippen LogP contribution in [0.4, 0.5) is 10.6 Å². The Bertz CT molecular complexity index is 685. The van der Waals surface area contributed by atoms with E-state index in [1.807, 2.05) is 19.1 Å². The lowest BCUT2D eigenvalue weighted by Gasteiger charge is -2.28. The van der Waals surface area contributed by atoms with Gasteiger partial charge in [-0.15, -0.1) is 0 Å². The van der Waals surface area contributed by atoms with Crippen LogP contribution in [-0.4, -0.2) is 38.0 Å². The third kappa shape index (κ3) is 3.68. The molecule has 0 aliphatic heterocycles. The van der Waals surface area contributed by atoms with Crippen LogP contribution in [-0.2, 0) is 0 Å². The van der Waals surface area contributed by atoms with Crippen LogP contribution in [0.25, 0.3) is 5.82 Å². The average molecular weight is 315 g/mol. The number of hydrogen-bond acceptors (Lipinski definition) is 4. The summed E-state index contributed by atoms with van der Waals surface area (Å²) in [6.45, 7) is 1.97. The molecule has 23 heavy (non-hydrogen) atoms. The lowest BCUT2D eigenvalue weighted by molar-refractivity contribution is 0.0955. The van der Waals surface area contributed by atoms with Gasteiger partial charge in [0.1, 0.15) is 5.82 Å². The quantitative estimate of drug-likeness (QED) is 0.808. The van der Waals surface area contributed by atoms with E-state index in [2.05, 4.69) is 20.7 Å². The summed E-state index contributed by atoms with van der Waals surface area (Å²) in [6, 6.07) is 4.96. The van der Waals surface area contributed by atoms with Gasteiger partial charge in [0.25, 0.3) is 0 Å². The van der Waals surface area contributed by atoms with E-state index in [0.717, 1.165) is 31.2 Å². The standard InChI is InChI=1S/C16H21N5O2/c1-11-6-8-17-15(10-11)21-14(7-9-18-21)20-16(23)19-12-4-2-3-5-13(12)22/h6-10,12-13,22H,2-5H2,1H3,(H2,19,20,23)/t12-,13-/m1/s1. The maximum atomic E-state index is 12.2. The van der Waals surface area contributed by atoms with Gasteiger partial charge in [-0.3, -0.25) is 5.32 Å². The number of aromatic nitrogens is 3. The maximum absolute atomic E-state index is 12.2. The SMILES string of the molecule is Cc1ccnc(-n2nccc2NC(=O)N[C@@H]2CCCC[C@H]2O)c1. The fourth-order valence-electron chi connectivity index (χ4n) is 2.82. The Morgan fingerprint density at radius 1 is 1.30 bits per heavy atom. The molecule has 0 saturated heterocycles. The summed E-state index contributed by atoms with van der Waals surface area (Å²) < 4.78 is 1.57. The predicted molar refractivity (Wildman–Crippen MR) is 86.5 cm³/mol. The van der Waals surface area contributed by atoms with Crippen molar-refractivity contribution in [2.75, 3.05) is 5.32 Å². The molecule has 3 rings (SSSR count). The number of hydrogen-bond donors (Lipinski definition) is 3. The molecule has 2 aromatic heterocycles. The van der Waals surface area contributed by atoms with Gasteiger partial charge in [-0.05, 0) is 37.5 Å². The number of anilines is 1. The summed E-state index contributed by atoms with van der Waals surface area (Å²) in [7, 11) is 0. The molecule has 0 spiro atoms. The Balaban J connectivity index is 1.69. The zero-order valence-corrected chi connectivity index (χ0v) is 13.1. The van der Waals surface area contributed by atoms with Crippen molar-refractivity contribution >= 4 is 11.8 Å². The Labute approximate surface area is 134 Å². The van der Waals surface area contributed by atoms with Crippen LogP contribution in [0.2, 0.25) is 0 Å². The largest absolute Gasteiger partial charge is 0.391 e. The van der Waals surface area contributed by atoms with E-state index in [4.69, 9.17) is 0 Å². The highest BCUT2D eigenvalue weighted by Gasteiger charge is 2.24. The fraction of sp³-hybridized carbons (Fsp3) is 0.438. The molecular formula is C16H21N5O2. The van der Waals surface area contributed by atoms with Crippen molar-refractivity contribution in [3.8, 4) is 5.82 Å². The van der Waals surface area contributed by atoms with Crippen molar-refractivity contribution in [3.05, 3.63) is 36.2 Å². The van der Waals surface area contributed by atoms with Gasteiger partial charge in [0.15, 0.2) is 5.82 Å². The molecule has 2 atom stereocenters. The summed E-state index contributed by atoms with van der Waals surface area (Å²) in [4.78, 5) is 16.4. The fourth-order valence-corrected chi connectivity index (χ4v) is 2.82. The lowest BCUT2D eigenvalue weighted by atomic mass is 9.93. The third-order valence-electron chi connectivity index (χ3n) is 4.05. The molecule has 0 unspecified atom stereocenters. The number of carbonyl (C=O) groups is 1. The molecule has 0 radical (unpaired) electrons. The third-order valence-corrected chi connectivity index (χ3v) is 4.05. The van der Waals surface area contributed by atoms with Crippen LogP contribution in [0.1, 0.15) is 31.2 Å². The van der Waals surface area contributed by atoms with Crippen molar-refractivity contribution in [1.29, 1.82) is 0 Å². The molecule has 1 aliphatic rings.